The van der Waals surface area contributed by atoms with Crippen molar-refractivity contribution in [1.29, 1.82) is 0 Å². The number of fused-ring (bicyclic) bond motifs is 2. The molecule has 0 saturated carbocycles. The van der Waals surface area contributed by atoms with E-state index < -0.39 is 11.6 Å². The molecule has 25 heavy (non-hydrogen) atoms. The van der Waals surface area contributed by atoms with E-state index in [9.17, 15) is 9.59 Å². The van der Waals surface area contributed by atoms with E-state index in [1.54, 1.807) is 31.5 Å². The van der Waals surface area contributed by atoms with Gasteiger partial charge < -0.3 is 13.7 Å². The van der Waals surface area contributed by atoms with Crippen LogP contribution in [0.5, 0.6) is 5.75 Å². The summed E-state index contributed by atoms with van der Waals surface area (Å²) in [5.41, 5.74) is 1.77. The van der Waals surface area contributed by atoms with Crippen LogP contribution >= 0.6 is 0 Å². The van der Waals surface area contributed by atoms with E-state index in [4.69, 9.17) is 9.15 Å². The van der Waals surface area contributed by atoms with Crippen LogP contribution in [0, 0.1) is 0 Å². The van der Waals surface area contributed by atoms with Crippen molar-refractivity contribution in [3.63, 3.8) is 0 Å². The van der Waals surface area contributed by atoms with Crippen molar-refractivity contribution in [2.24, 2.45) is 7.05 Å². The molecule has 2 aromatic carbocycles. The van der Waals surface area contributed by atoms with E-state index >= 15 is 0 Å². The highest BCUT2D eigenvalue weighted by Crippen LogP contribution is 2.27. The minimum Gasteiger partial charge on any atom is -0.497 e. The number of hydrogen-bond acceptors (Lipinski definition) is 4. The van der Waals surface area contributed by atoms with Crippen LogP contribution in [0.25, 0.3) is 21.9 Å². The van der Waals surface area contributed by atoms with Crippen molar-refractivity contribution in [2.45, 2.75) is 0 Å². The highest BCUT2D eigenvalue weighted by Gasteiger charge is 2.25. The van der Waals surface area contributed by atoms with Gasteiger partial charge in [0.1, 0.15) is 11.3 Å². The molecule has 4 aromatic rings. The first-order valence-corrected chi connectivity index (χ1v) is 7.79. The third-order valence-corrected chi connectivity index (χ3v) is 4.30. The van der Waals surface area contributed by atoms with Crippen molar-refractivity contribution in [3.05, 3.63) is 66.1 Å². The number of ketones is 2. The predicted octanol–water partition coefficient (Wildman–Crippen LogP) is 4.00. The van der Waals surface area contributed by atoms with Crippen molar-refractivity contribution < 1.29 is 18.7 Å². The van der Waals surface area contributed by atoms with Gasteiger partial charge in [0, 0.05) is 29.5 Å². The standard InChI is InChI=1S/C20H15NO4/c1-21-11-15(14-10-13(24-2)7-8-16(14)21)19(22)20(23)18-9-12-5-3-4-6-17(12)25-18/h3-11H,1-2H3. The summed E-state index contributed by atoms with van der Waals surface area (Å²) in [5.74, 6) is -0.584. The number of furan rings is 1. The van der Waals surface area contributed by atoms with Crippen LogP contribution in [0.3, 0.4) is 0 Å². The molecule has 0 fully saturated rings. The second-order valence-corrected chi connectivity index (χ2v) is 5.84. The molecule has 4 rings (SSSR count). The van der Waals surface area contributed by atoms with Gasteiger partial charge in [-0.3, -0.25) is 9.59 Å². The van der Waals surface area contributed by atoms with Gasteiger partial charge in [-0.25, -0.2) is 0 Å². The Labute approximate surface area is 143 Å². The minimum atomic E-state index is -0.661. The van der Waals surface area contributed by atoms with Gasteiger partial charge in [-0.05, 0) is 30.3 Å². The Balaban J connectivity index is 1.79. The summed E-state index contributed by atoms with van der Waals surface area (Å²) in [7, 11) is 3.39. The fraction of sp³-hybridized carbons (Fsp3) is 0.100. The maximum Gasteiger partial charge on any atom is 0.268 e. The quantitative estimate of drug-likeness (QED) is 0.418. The maximum atomic E-state index is 12.8. The SMILES string of the molecule is COc1ccc2c(c1)c(C(=O)C(=O)c1cc3ccccc3o1)cn2C. The summed E-state index contributed by atoms with van der Waals surface area (Å²) >= 11 is 0. The number of nitrogens with zero attached hydrogens (tertiary/aromatic N) is 1. The number of carbonyl (C=O) groups excluding carboxylic acids is 2. The molecule has 0 aliphatic carbocycles. The monoisotopic (exact) mass is 333 g/mol. The van der Waals surface area contributed by atoms with Crippen LogP contribution in [-0.4, -0.2) is 23.2 Å². The molecule has 0 aliphatic heterocycles. The third kappa shape index (κ3) is 2.41. The van der Waals surface area contributed by atoms with Crippen LogP contribution in [0.1, 0.15) is 20.9 Å². The second-order valence-electron chi connectivity index (χ2n) is 5.84. The Hall–Kier alpha value is -3.34. The van der Waals surface area contributed by atoms with Crippen molar-refractivity contribution >= 4 is 33.4 Å². The first kappa shape index (κ1) is 15.2. The Bertz CT molecular complexity index is 1100. The summed E-state index contributed by atoms with van der Waals surface area (Å²) in [6.45, 7) is 0. The third-order valence-electron chi connectivity index (χ3n) is 4.30. The van der Waals surface area contributed by atoms with E-state index in [-0.39, 0.29) is 5.76 Å². The number of hydrogen-bond donors (Lipinski definition) is 0. The van der Waals surface area contributed by atoms with E-state index in [2.05, 4.69) is 0 Å². The summed E-state index contributed by atoms with van der Waals surface area (Å²) in [6.07, 6.45) is 1.66. The number of aryl methyl sites for hydroxylation is 1. The molecule has 0 saturated heterocycles. The largest absolute Gasteiger partial charge is 0.497 e. The molecule has 0 N–H and O–H groups in total. The number of rotatable bonds is 4. The molecule has 5 heteroatoms. The number of ether oxygens (including phenoxy) is 1. The summed E-state index contributed by atoms with van der Waals surface area (Å²) in [5, 5.41) is 1.47. The molecule has 0 unspecified atom stereocenters. The van der Waals surface area contributed by atoms with Crippen molar-refractivity contribution in [2.75, 3.05) is 7.11 Å². The number of para-hydroxylation sites is 1. The zero-order chi connectivity index (χ0) is 17.6. The molecule has 0 radical (unpaired) electrons. The predicted molar refractivity (Wildman–Crippen MR) is 94.3 cm³/mol. The highest BCUT2D eigenvalue weighted by molar-refractivity contribution is 6.50. The van der Waals surface area contributed by atoms with Gasteiger partial charge in [0.2, 0.25) is 5.78 Å². The molecular weight excluding hydrogens is 318 g/mol. The number of aromatic nitrogens is 1. The van der Waals surface area contributed by atoms with Crippen LogP contribution < -0.4 is 4.74 Å². The minimum absolute atomic E-state index is 0.0473. The average molecular weight is 333 g/mol. The summed E-state index contributed by atoms with van der Waals surface area (Å²) in [6, 6.07) is 14.3. The summed E-state index contributed by atoms with van der Waals surface area (Å²) in [4.78, 5) is 25.4. The maximum absolute atomic E-state index is 12.8. The Morgan fingerprint density at radius 3 is 2.60 bits per heavy atom. The molecule has 0 amide bonds. The molecule has 2 aromatic heterocycles. The van der Waals surface area contributed by atoms with Gasteiger partial charge in [0.15, 0.2) is 5.76 Å². The first-order valence-electron chi connectivity index (χ1n) is 7.79. The molecule has 0 spiro atoms. The van der Waals surface area contributed by atoms with Crippen LogP contribution in [0.2, 0.25) is 0 Å². The molecule has 2 heterocycles. The van der Waals surface area contributed by atoms with Crippen LogP contribution in [0.15, 0.2) is 59.1 Å². The fourth-order valence-electron chi connectivity index (χ4n) is 3.01. The normalized spacial score (nSPS) is 11.1. The van der Waals surface area contributed by atoms with Crippen LogP contribution in [-0.2, 0) is 7.05 Å². The van der Waals surface area contributed by atoms with Gasteiger partial charge in [-0.1, -0.05) is 18.2 Å². The van der Waals surface area contributed by atoms with E-state index in [0.717, 1.165) is 10.9 Å². The number of methoxy groups -OCH3 is 1. The lowest BCUT2D eigenvalue weighted by Crippen LogP contribution is -2.13. The first-order chi connectivity index (χ1) is 12.1. The summed E-state index contributed by atoms with van der Waals surface area (Å²) < 4.78 is 12.6. The molecular formula is C20H15NO4. The van der Waals surface area contributed by atoms with E-state index in [1.807, 2.05) is 41.9 Å². The number of benzene rings is 2. The zero-order valence-corrected chi connectivity index (χ0v) is 13.8. The average Bonchev–Trinajstić information content (AvgIpc) is 3.21. The van der Waals surface area contributed by atoms with E-state index in [0.29, 0.717) is 22.3 Å². The van der Waals surface area contributed by atoms with Crippen molar-refractivity contribution in [3.8, 4) is 5.75 Å². The molecule has 0 bridgehead atoms. The molecule has 124 valence electrons. The zero-order valence-electron chi connectivity index (χ0n) is 13.8. The second kappa shape index (κ2) is 5.63. The van der Waals surface area contributed by atoms with Gasteiger partial charge in [-0.2, -0.15) is 0 Å². The Morgan fingerprint density at radius 2 is 1.84 bits per heavy atom. The van der Waals surface area contributed by atoms with Gasteiger partial charge >= 0.3 is 0 Å². The lowest BCUT2D eigenvalue weighted by Gasteiger charge is -2.01. The molecule has 0 aliphatic rings. The van der Waals surface area contributed by atoms with Gasteiger partial charge in [0.25, 0.3) is 5.78 Å². The number of carbonyl (C=O) groups is 2. The smallest absolute Gasteiger partial charge is 0.268 e. The fourth-order valence-corrected chi connectivity index (χ4v) is 3.01. The molecule has 5 nitrogen and oxygen atoms in total. The van der Waals surface area contributed by atoms with Gasteiger partial charge in [0.05, 0.1) is 12.7 Å². The molecule has 0 atom stereocenters. The van der Waals surface area contributed by atoms with Gasteiger partial charge in [-0.15, -0.1) is 0 Å². The van der Waals surface area contributed by atoms with Crippen molar-refractivity contribution in [1.82, 2.24) is 4.57 Å². The Morgan fingerprint density at radius 1 is 1.04 bits per heavy atom. The number of Topliss-reactive ketones (excluding diaryl/α,β-unsaturated/α-hetero) is 2. The highest BCUT2D eigenvalue weighted by atomic mass is 16.5. The topological polar surface area (TPSA) is 61.4 Å². The van der Waals surface area contributed by atoms with E-state index in [1.165, 1.54) is 0 Å². The lowest BCUT2D eigenvalue weighted by molar-refractivity contribution is 0.0803. The van der Waals surface area contributed by atoms with Crippen LogP contribution in [0.4, 0.5) is 0 Å². The lowest BCUT2D eigenvalue weighted by atomic mass is 10.0. The Kier molecular flexibility index (Phi) is 3.42.